The Morgan fingerprint density at radius 3 is 2.38 bits per heavy atom. The van der Waals surface area contributed by atoms with Gasteiger partial charge in [0.2, 0.25) is 0 Å². The molecule has 2 aromatic carbocycles. The molecule has 1 aromatic heterocycles. The lowest BCUT2D eigenvalue weighted by molar-refractivity contribution is 0.415. The fraction of sp³-hybridized carbons (Fsp3) is 0.235. The third-order valence-electron chi connectivity index (χ3n) is 3.73. The Morgan fingerprint density at radius 1 is 1.05 bits per heavy atom. The van der Waals surface area contributed by atoms with Gasteiger partial charge in [0.1, 0.15) is 11.6 Å². The van der Waals surface area contributed by atoms with Gasteiger partial charge in [0.25, 0.3) is 0 Å². The van der Waals surface area contributed by atoms with Gasteiger partial charge in [-0.25, -0.2) is 4.98 Å². The van der Waals surface area contributed by atoms with Crippen LogP contribution in [0.2, 0.25) is 0 Å². The van der Waals surface area contributed by atoms with Crippen molar-refractivity contribution in [1.29, 1.82) is 0 Å². The van der Waals surface area contributed by atoms with E-state index < -0.39 is 0 Å². The summed E-state index contributed by atoms with van der Waals surface area (Å²) in [5, 5.41) is 0. The highest BCUT2D eigenvalue weighted by Crippen LogP contribution is 2.27. The minimum Gasteiger partial charge on any atom is -0.497 e. The van der Waals surface area contributed by atoms with Crippen LogP contribution >= 0.6 is 0 Å². The van der Waals surface area contributed by atoms with Crippen molar-refractivity contribution in [2.45, 2.75) is 0 Å². The molecule has 1 heterocycles. The standard InChI is InChI=1S/C17H19N3O/c1-19(2)13-7-5-12(6-8-13)17-18-15-11-14(21-4)9-10-16(15)20(17)3/h5-11H,1-4H3. The highest BCUT2D eigenvalue weighted by Gasteiger charge is 2.10. The first-order valence-electron chi connectivity index (χ1n) is 6.88. The van der Waals surface area contributed by atoms with Crippen LogP contribution in [0, 0.1) is 0 Å². The van der Waals surface area contributed by atoms with Gasteiger partial charge < -0.3 is 14.2 Å². The first-order valence-corrected chi connectivity index (χ1v) is 6.88. The first-order chi connectivity index (χ1) is 10.1. The maximum absolute atomic E-state index is 5.26. The molecule has 4 nitrogen and oxygen atoms in total. The minimum atomic E-state index is 0.829. The average molecular weight is 281 g/mol. The van der Waals surface area contributed by atoms with E-state index in [-0.39, 0.29) is 0 Å². The molecule has 0 aliphatic heterocycles. The topological polar surface area (TPSA) is 30.3 Å². The monoisotopic (exact) mass is 281 g/mol. The lowest BCUT2D eigenvalue weighted by atomic mass is 10.2. The van der Waals surface area contributed by atoms with Gasteiger partial charge in [-0.1, -0.05) is 0 Å². The molecule has 0 aliphatic rings. The van der Waals surface area contributed by atoms with Crippen LogP contribution in [-0.4, -0.2) is 30.8 Å². The minimum absolute atomic E-state index is 0.829. The van der Waals surface area contributed by atoms with Crippen LogP contribution in [0.15, 0.2) is 42.5 Å². The number of aromatic nitrogens is 2. The number of methoxy groups -OCH3 is 1. The molecule has 4 heteroatoms. The lowest BCUT2D eigenvalue weighted by Crippen LogP contribution is -2.08. The van der Waals surface area contributed by atoms with Crippen molar-refractivity contribution < 1.29 is 4.74 Å². The Hall–Kier alpha value is -2.49. The predicted molar refractivity (Wildman–Crippen MR) is 87.0 cm³/mol. The molecule has 0 saturated carbocycles. The number of ether oxygens (including phenoxy) is 1. The largest absolute Gasteiger partial charge is 0.497 e. The molecule has 108 valence electrons. The summed E-state index contributed by atoms with van der Waals surface area (Å²) in [6, 6.07) is 14.4. The van der Waals surface area contributed by atoms with Crippen molar-refractivity contribution in [2.75, 3.05) is 26.1 Å². The summed E-state index contributed by atoms with van der Waals surface area (Å²) in [5.41, 5.74) is 4.34. The number of imidazole rings is 1. The number of benzene rings is 2. The Bertz CT molecular complexity index is 773. The molecular formula is C17H19N3O. The Balaban J connectivity index is 2.09. The highest BCUT2D eigenvalue weighted by atomic mass is 16.5. The third kappa shape index (κ3) is 2.33. The molecule has 0 bridgehead atoms. The van der Waals surface area contributed by atoms with Crippen molar-refractivity contribution >= 4 is 16.7 Å². The third-order valence-corrected chi connectivity index (χ3v) is 3.73. The quantitative estimate of drug-likeness (QED) is 0.738. The summed E-state index contributed by atoms with van der Waals surface area (Å²) < 4.78 is 7.37. The van der Waals surface area contributed by atoms with Crippen LogP contribution in [0.5, 0.6) is 5.75 Å². The summed E-state index contributed by atoms with van der Waals surface area (Å²) in [6.07, 6.45) is 0. The molecule has 0 radical (unpaired) electrons. The summed E-state index contributed by atoms with van der Waals surface area (Å²) in [5.74, 6) is 1.79. The zero-order valence-corrected chi connectivity index (χ0v) is 12.8. The molecule has 0 spiro atoms. The molecule has 0 unspecified atom stereocenters. The summed E-state index contributed by atoms with van der Waals surface area (Å²) in [4.78, 5) is 6.82. The van der Waals surface area contributed by atoms with Gasteiger partial charge >= 0.3 is 0 Å². The van der Waals surface area contributed by atoms with Crippen molar-refractivity contribution in [2.24, 2.45) is 7.05 Å². The second-order valence-corrected chi connectivity index (χ2v) is 5.29. The van der Waals surface area contributed by atoms with Crippen LogP contribution in [0.3, 0.4) is 0 Å². The fourth-order valence-electron chi connectivity index (χ4n) is 2.47. The van der Waals surface area contributed by atoms with E-state index in [0.29, 0.717) is 0 Å². The first kappa shape index (κ1) is 13.5. The van der Waals surface area contributed by atoms with Crippen molar-refractivity contribution in [3.05, 3.63) is 42.5 Å². The van der Waals surface area contributed by atoms with E-state index in [1.54, 1.807) is 7.11 Å². The van der Waals surface area contributed by atoms with Crippen LogP contribution < -0.4 is 9.64 Å². The Morgan fingerprint density at radius 2 is 1.76 bits per heavy atom. The molecule has 0 saturated heterocycles. The fourth-order valence-corrected chi connectivity index (χ4v) is 2.47. The molecule has 0 N–H and O–H groups in total. The molecule has 3 aromatic rings. The van der Waals surface area contributed by atoms with Crippen molar-refractivity contribution in [1.82, 2.24) is 9.55 Å². The maximum Gasteiger partial charge on any atom is 0.140 e. The zero-order valence-electron chi connectivity index (χ0n) is 12.8. The van der Waals surface area contributed by atoms with E-state index in [2.05, 4.69) is 33.7 Å². The number of fused-ring (bicyclic) bond motifs is 1. The molecule has 0 amide bonds. The SMILES string of the molecule is COc1ccc2c(c1)nc(-c1ccc(N(C)C)cc1)n2C. The lowest BCUT2D eigenvalue weighted by Gasteiger charge is -2.12. The van der Waals surface area contributed by atoms with E-state index in [0.717, 1.165) is 28.2 Å². The van der Waals surface area contributed by atoms with E-state index >= 15 is 0 Å². The van der Waals surface area contributed by atoms with Gasteiger partial charge in [-0.3, -0.25) is 0 Å². The van der Waals surface area contributed by atoms with Gasteiger partial charge in [-0.05, 0) is 36.4 Å². The van der Waals surface area contributed by atoms with Crippen LogP contribution in [0.1, 0.15) is 0 Å². The van der Waals surface area contributed by atoms with Crippen LogP contribution in [0.4, 0.5) is 5.69 Å². The van der Waals surface area contributed by atoms with Crippen molar-refractivity contribution in [3.63, 3.8) is 0 Å². The zero-order chi connectivity index (χ0) is 15.0. The molecule has 3 rings (SSSR count). The van der Waals surface area contributed by atoms with Crippen LogP contribution in [0.25, 0.3) is 22.4 Å². The van der Waals surface area contributed by atoms with E-state index in [4.69, 9.17) is 9.72 Å². The molecule has 21 heavy (non-hydrogen) atoms. The normalized spacial score (nSPS) is 10.9. The van der Waals surface area contributed by atoms with Crippen molar-refractivity contribution in [3.8, 4) is 17.1 Å². The molecule has 0 atom stereocenters. The number of hydrogen-bond acceptors (Lipinski definition) is 3. The number of anilines is 1. The van der Waals surface area contributed by atoms with Gasteiger partial charge in [0.15, 0.2) is 0 Å². The average Bonchev–Trinajstić information content (AvgIpc) is 2.83. The summed E-state index contributed by atoms with van der Waals surface area (Å²) >= 11 is 0. The molecular weight excluding hydrogens is 262 g/mol. The van der Waals surface area contributed by atoms with Gasteiger partial charge in [0.05, 0.1) is 18.1 Å². The van der Waals surface area contributed by atoms with Gasteiger partial charge in [0, 0.05) is 38.5 Å². The van der Waals surface area contributed by atoms with E-state index in [1.807, 2.05) is 39.3 Å². The second-order valence-electron chi connectivity index (χ2n) is 5.29. The van der Waals surface area contributed by atoms with E-state index in [9.17, 15) is 0 Å². The smallest absolute Gasteiger partial charge is 0.140 e. The maximum atomic E-state index is 5.26. The summed E-state index contributed by atoms with van der Waals surface area (Å²) in [7, 11) is 7.79. The highest BCUT2D eigenvalue weighted by molar-refractivity contribution is 5.82. The van der Waals surface area contributed by atoms with E-state index in [1.165, 1.54) is 5.69 Å². The van der Waals surface area contributed by atoms with Gasteiger partial charge in [-0.15, -0.1) is 0 Å². The number of nitrogens with zero attached hydrogens (tertiary/aromatic N) is 3. The number of hydrogen-bond donors (Lipinski definition) is 0. The number of rotatable bonds is 3. The molecule has 0 fully saturated rings. The second kappa shape index (κ2) is 5.13. The number of aryl methyl sites for hydroxylation is 1. The predicted octanol–water partition coefficient (Wildman–Crippen LogP) is 3.31. The van der Waals surface area contributed by atoms with Crippen LogP contribution in [-0.2, 0) is 7.05 Å². The Labute approximate surface area is 124 Å². The summed E-state index contributed by atoms with van der Waals surface area (Å²) in [6.45, 7) is 0. The molecule has 0 aliphatic carbocycles. The Kier molecular flexibility index (Phi) is 3.29. The van der Waals surface area contributed by atoms with Gasteiger partial charge in [-0.2, -0.15) is 0 Å².